The summed E-state index contributed by atoms with van der Waals surface area (Å²) in [6.07, 6.45) is 0. The van der Waals surface area contributed by atoms with Crippen LogP contribution in [-0.2, 0) is 0 Å². The van der Waals surface area contributed by atoms with Crippen LogP contribution in [0, 0.1) is 0 Å². The number of fused-ring (bicyclic) bond motifs is 15. The highest BCUT2D eigenvalue weighted by Crippen LogP contribution is 2.38. The lowest BCUT2D eigenvalue weighted by atomic mass is 10.0. The molecule has 13 aromatic rings. The van der Waals surface area contributed by atoms with Crippen LogP contribution in [0.5, 0.6) is 0 Å². The second-order valence-electron chi connectivity index (χ2n) is 14.7. The van der Waals surface area contributed by atoms with E-state index in [1.54, 1.807) is 0 Å². The summed E-state index contributed by atoms with van der Waals surface area (Å²) in [6, 6.07) is 64.2. The molecule has 7 heteroatoms. The van der Waals surface area contributed by atoms with Crippen LogP contribution < -0.4 is 0 Å². The molecule has 0 bridgehead atoms. The zero-order valence-corrected chi connectivity index (χ0v) is 30.4. The molecule has 0 unspecified atom stereocenters. The van der Waals surface area contributed by atoms with Crippen molar-refractivity contribution in [2.45, 2.75) is 0 Å². The highest BCUT2D eigenvalue weighted by molar-refractivity contribution is 6.11. The van der Waals surface area contributed by atoms with Crippen molar-refractivity contribution in [2.75, 3.05) is 0 Å². The highest BCUT2D eigenvalue weighted by Gasteiger charge is 2.20. The standard InChI is InChI=1S/C50H30N6O/c1-5-18-41-35(14-1)36-15-2-6-19-42(36)53(41)34-25-27-48-38(30-34)37-29-32(24-26-47(37)57-48)31-12-11-13-33(28-31)54-49-51-39-16-3-7-20-43(39)55(49)45-22-9-10-23-46(45)56-44-21-8-4-17-40(44)52-50(54)56/h1-30H. The number of nitrogens with zero attached hydrogens (tertiary/aromatic N) is 6. The van der Waals surface area contributed by atoms with Crippen LogP contribution in [-0.4, -0.2) is 27.9 Å². The minimum absolute atomic E-state index is 0.781. The lowest BCUT2D eigenvalue weighted by Crippen LogP contribution is -2.02. The first kappa shape index (κ1) is 30.4. The molecule has 0 aliphatic carbocycles. The molecule has 5 heterocycles. The van der Waals surface area contributed by atoms with Crippen LogP contribution in [0.2, 0.25) is 0 Å². The molecule has 0 aliphatic heterocycles. The first-order chi connectivity index (χ1) is 28.3. The Morgan fingerprint density at radius 1 is 0.333 bits per heavy atom. The molecule has 13 rings (SSSR count). The van der Waals surface area contributed by atoms with Crippen molar-refractivity contribution in [2.24, 2.45) is 0 Å². The summed E-state index contributed by atoms with van der Waals surface area (Å²) in [4.78, 5) is 10.6. The number of rotatable bonds is 3. The van der Waals surface area contributed by atoms with Gasteiger partial charge in [0.1, 0.15) is 11.2 Å². The van der Waals surface area contributed by atoms with Gasteiger partial charge in [0.25, 0.3) is 0 Å². The molecule has 8 aromatic carbocycles. The number of furan rings is 1. The molecule has 0 radical (unpaired) electrons. The third-order valence-corrected chi connectivity index (χ3v) is 11.6. The predicted octanol–water partition coefficient (Wildman–Crippen LogP) is 12.5. The predicted molar refractivity (Wildman–Crippen MR) is 232 cm³/mol. The minimum atomic E-state index is 0.781. The van der Waals surface area contributed by atoms with Crippen molar-refractivity contribution in [1.82, 2.24) is 27.9 Å². The topological polar surface area (TPSA) is 57.6 Å². The van der Waals surface area contributed by atoms with E-state index in [0.29, 0.717) is 0 Å². The van der Waals surface area contributed by atoms with Gasteiger partial charge in [0.15, 0.2) is 0 Å². The van der Waals surface area contributed by atoms with E-state index < -0.39 is 0 Å². The Balaban J connectivity index is 1.05. The maximum Gasteiger partial charge on any atom is 0.223 e. The molecule has 0 fully saturated rings. The van der Waals surface area contributed by atoms with Gasteiger partial charge in [-0.2, -0.15) is 0 Å². The summed E-state index contributed by atoms with van der Waals surface area (Å²) in [6.45, 7) is 0. The maximum absolute atomic E-state index is 6.45. The van der Waals surface area contributed by atoms with Gasteiger partial charge in [0, 0.05) is 27.2 Å². The first-order valence-electron chi connectivity index (χ1n) is 19.2. The van der Waals surface area contributed by atoms with E-state index in [1.807, 2.05) is 12.1 Å². The number of benzene rings is 8. The van der Waals surface area contributed by atoms with Crippen molar-refractivity contribution in [3.8, 4) is 22.5 Å². The Hall–Kier alpha value is -7.90. The SMILES string of the molecule is c1cc(-c2ccc3oc4ccc(-n5c6ccccc6c6ccccc65)cc4c3c2)cc(-n2c3nc4ccccc4n3c3ccccc3n3c4ccccc4nc23)c1. The fourth-order valence-corrected chi connectivity index (χ4v) is 9.07. The second kappa shape index (κ2) is 11.3. The van der Waals surface area contributed by atoms with E-state index in [9.17, 15) is 0 Å². The third-order valence-electron chi connectivity index (χ3n) is 11.6. The number of para-hydroxylation sites is 8. The average molecular weight is 731 g/mol. The van der Waals surface area contributed by atoms with Crippen LogP contribution >= 0.6 is 0 Å². The molecule has 5 aromatic heterocycles. The molecular weight excluding hydrogens is 701 g/mol. The molecule has 0 spiro atoms. The lowest BCUT2D eigenvalue weighted by Gasteiger charge is -2.10. The van der Waals surface area contributed by atoms with Gasteiger partial charge in [-0.3, -0.25) is 8.80 Å². The van der Waals surface area contributed by atoms with Gasteiger partial charge in [-0.15, -0.1) is 0 Å². The van der Waals surface area contributed by atoms with Crippen molar-refractivity contribution >= 4 is 88.4 Å². The van der Waals surface area contributed by atoms with Gasteiger partial charge < -0.3 is 8.98 Å². The number of hydrogen-bond acceptors (Lipinski definition) is 3. The van der Waals surface area contributed by atoms with Crippen molar-refractivity contribution in [1.29, 1.82) is 0 Å². The third kappa shape index (κ3) is 4.25. The summed E-state index contributed by atoms with van der Waals surface area (Å²) < 4.78 is 15.5. The van der Waals surface area contributed by atoms with E-state index in [4.69, 9.17) is 14.4 Å². The van der Waals surface area contributed by atoms with Crippen molar-refractivity contribution in [3.05, 3.63) is 182 Å². The smallest absolute Gasteiger partial charge is 0.223 e. The van der Waals surface area contributed by atoms with Gasteiger partial charge in [-0.05, 0) is 102 Å². The molecule has 0 amide bonds. The largest absolute Gasteiger partial charge is 0.456 e. The fourth-order valence-electron chi connectivity index (χ4n) is 9.07. The first-order valence-corrected chi connectivity index (χ1v) is 19.2. The van der Waals surface area contributed by atoms with Crippen molar-refractivity contribution < 1.29 is 4.42 Å². The molecule has 0 saturated carbocycles. The van der Waals surface area contributed by atoms with E-state index in [0.717, 1.165) is 89.1 Å². The maximum atomic E-state index is 6.45. The highest BCUT2D eigenvalue weighted by atomic mass is 16.3. The Labute approximate surface area is 324 Å². The molecular formula is C50H30N6O. The lowest BCUT2D eigenvalue weighted by molar-refractivity contribution is 0.669. The summed E-state index contributed by atoms with van der Waals surface area (Å²) in [5.74, 6) is 1.56. The second-order valence-corrected chi connectivity index (χ2v) is 14.7. The number of aromatic nitrogens is 6. The van der Waals surface area contributed by atoms with Crippen molar-refractivity contribution in [3.63, 3.8) is 0 Å². The van der Waals surface area contributed by atoms with Gasteiger partial charge in [-0.25, -0.2) is 14.5 Å². The van der Waals surface area contributed by atoms with E-state index in [-0.39, 0.29) is 0 Å². The molecule has 7 nitrogen and oxygen atoms in total. The Morgan fingerprint density at radius 2 is 0.825 bits per heavy atom. The van der Waals surface area contributed by atoms with E-state index in [2.05, 4.69) is 188 Å². The zero-order valence-electron chi connectivity index (χ0n) is 30.4. The van der Waals surface area contributed by atoms with E-state index >= 15 is 0 Å². The molecule has 0 atom stereocenters. The van der Waals surface area contributed by atoms with Crippen LogP contribution in [0.1, 0.15) is 0 Å². The fraction of sp³-hybridized carbons (Fsp3) is 0. The van der Waals surface area contributed by atoms with Gasteiger partial charge in [-0.1, -0.05) is 91.0 Å². The Morgan fingerprint density at radius 3 is 1.46 bits per heavy atom. The molecule has 266 valence electrons. The quantitative estimate of drug-likeness (QED) is 0.182. The molecule has 57 heavy (non-hydrogen) atoms. The molecule has 0 saturated heterocycles. The normalized spacial score (nSPS) is 12.2. The summed E-state index contributed by atoms with van der Waals surface area (Å²) in [5.41, 5.74) is 14.3. The number of hydrogen-bond donors (Lipinski definition) is 0. The Bertz CT molecular complexity index is 3670. The van der Waals surface area contributed by atoms with Crippen LogP contribution in [0.15, 0.2) is 186 Å². The number of imidazole rings is 2. The summed E-state index contributed by atoms with van der Waals surface area (Å²) in [5, 5.41) is 4.64. The Kier molecular flexibility index (Phi) is 6.04. The van der Waals surface area contributed by atoms with Crippen LogP contribution in [0.4, 0.5) is 0 Å². The summed E-state index contributed by atoms with van der Waals surface area (Å²) in [7, 11) is 0. The monoisotopic (exact) mass is 730 g/mol. The van der Waals surface area contributed by atoms with E-state index in [1.165, 1.54) is 21.8 Å². The average Bonchev–Trinajstić information content (AvgIpc) is 4.01. The van der Waals surface area contributed by atoms with Crippen LogP contribution in [0.3, 0.4) is 0 Å². The molecule has 0 aliphatic rings. The van der Waals surface area contributed by atoms with Gasteiger partial charge in [0.2, 0.25) is 11.6 Å². The minimum Gasteiger partial charge on any atom is -0.456 e. The van der Waals surface area contributed by atoms with Crippen LogP contribution in [0.25, 0.3) is 111 Å². The van der Waals surface area contributed by atoms with Gasteiger partial charge in [0.05, 0.1) is 49.8 Å². The zero-order chi connectivity index (χ0) is 37.2. The molecule has 0 N–H and O–H groups in total. The summed E-state index contributed by atoms with van der Waals surface area (Å²) >= 11 is 0. The van der Waals surface area contributed by atoms with Gasteiger partial charge >= 0.3 is 0 Å².